The van der Waals surface area contributed by atoms with Crippen LogP contribution in [0.3, 0.4) is 0 Å². The van der Waals surface area contributed by atoms with E-state index in [0.717, 1.165) is 19.3 Å². The molecule has 2 N–H and O–H groups in total. The van der Waals surface area contributed by atoms with Crippen molar-refractivity contribution in [3.05, 3.63) is 34.6 Å². The molecule has 1 saturated carbocycles. The summed E-state index contributed by atoms with van der Waals surface area (Å²) in [6.07, 6.45) is 4.96. The van der Waals surface area contributed by atoms with Crippen LogP contribution in [0, 0.1) is 11.7 Å². The first-order valence-corrected chi connectivity index (χ1v) is 6.59. The van der Waals surface area contributed by atoms with Gasteiger partial charge in [-0.3, -0.25) is 0 Å². The van der Waals surface area contributed by atoms with Gasteiger partial charge in [-0.05, 0) is 42.9 Å². The quantitative estimate of drug-likeness (QED) is 0.851. The molecule has 0 amide bonds. The molecule has 2 unspecified atom stereocenters. The minimum atomic E-state index is -0.244. The summed E-state index contributed by atoms with van der Waals surface area (Å²) >= 11 is 5.75. The minimum Gasteiger partial charge on any atom is -0.325 e. The van der Waals surface area contributed by atoms with Gasteiger partial charge in [0.2, 0.25) is 0 Å². The monoisotopic (exact) mass is 255 g/mol. The third kappa shape index (κ3) is 3.20. The first kappa shape index (κ1) is 12.8. The van der Waals surface area contributed by atoms with Gasteiger partial charge < -0.3 is 5.73 Å². The summed E-state index contributed by atoms with van der Waals surface area (Å²) in [6, 6.07) is 4.85. The van der Waals surface area contributed by atoms with Crippen LogP contribution in [-0.2, 0) is 6.42 Å². The maximum absolute atomic E-state index is 13.7. The van der Waals surface area contributed by atoms with E-state index in [1.807, 2.05) is 0 Å². The summed E-state index contributed by atoms with van der Waals surface area (Å²) in [5.41, 5.74) is 6.83. The number of benzene rings is 1. The van der Waals surface area contributed by atoms with E-state index >= 15 is 0 Å². The Morgan fingerprint density at radius 2 is 2.29 bits per heavy atom. The molecule has 94 valence electrons. The number of halogens is 2. The molecule has 3 heteroatoms. The first-order chi connectivity index (χ1) is 7.98. The van der Waals surface area contributed by atoms with E-state index in [0.29, 0.717) is 22.9 Å². The molecule has 1 fully saturated rings. The number of hydrogen-bond acceptors (Lipinski definition) is 1. The number of hydrogen-bond donors (Lipinski definition) is 1. The molecular formula is C14H19ClFN. The van der Waals surface area contributed by atoms with Crippen LogP contribution in [0.1, 0.15) is 38.2 Å². The molecule has 2 atom stereocenters. The Bertz CT molecular complexity index is 407. The maximum atomic E-state index is 13.7. The predicted octanol–water partition coefficient (Wildman–Crippen LogP) is 3.93. The van der Waals surface area contributed by atoms with Crippen LogP contribution in [0.4, 0.5) is 4.39 Å². The molecule has 0 aromatic heterocycles. The van der Waals surface area contributed by atoms with Gasteiger partial charge in [-0.1, -0.05) is 37.4 Å². The summed E-state index contributed by atoms with van der Waals surface area (Å²) in [4.78, 5) is 0. The average Bonchev–Trinajstić information content (AvgIpc) is 2.22. The van der Waals surface area contributed by atoms with Gasteiger partial charge in [0.1, 0.15) is 5.82 Å². The van der Waals surface area contributed by atoms with Gasteiger partial charge >= 0.3 is 0 Å². The van der Waals surface area contributed by atoms with Gasteiger partial charge in [0.05, 0.1) is 0 Å². The second-order valence-electron chi connectivity index (χ2n) is 5.48. The molecule has 1 aliphatic carbocycles. The summed E-state index contributed by atoms with van der Waals surface area (Å²) in [6.45, 7) is 2.22. The molecule has 1 aromatic rings. The zero-order valence-electron chi connectivity index (χ0n) is 10.2. The summed E-state index contributed by atoms with van der Waals surface area (Å²) in [7, 11) is 0. The van der Waals surface area contributed by atoms with E-state index in [1.165, 1.54) is 12.5 Å². The van der Waals surface area contributed by atoms with Crippen LogP contribution < -0.4 is 5.73 Å². The maximum Gasteiger partial charge on any atom is 0.127 e. The molecule has 0 saturated heterocycles. The van der Waals surface area contributed by atoms with Crippen LogP contribution in [0.15, 0.2) is 18.2 Å². The minimum absolute atomic E-state index is 0.236. The fourth-order valence-corrected chi connectivity index (χ4v) is 3.06. The van der Waals surface area contributed by atoms with Crippen molar-refractivity contribution in [1.82, 2.24) is 0 Å². The Kier molecular flexibility index (Phi) is 3.74. The van der Waals surface area contributed by atoms with Gasteiger partial charge in [0.15, 0.2) is 0 Å². The Morgan fingerprint density at radius 3 is 2.94 bits per heavy atom. The summed E-state index contributed by atoms with van der Waals surface area (Å²) in [5, 5.41) is 0.439. The van der Waals surface area contributed by atoms with Crippen LogP contribution in [-0.4, -0.2) is 5.54 Å². The van der Waals surface area contributed by atoms with Crippen molar-refractivity contribution in [2.24, 2.45) is 11.7 Å². The molecular weight excluding hydrogens is 237 g/mol. The number of rotatable bonds is 2. The van der Waals surface area contributed by atoms with Gasteiger partial charge in [0, 0.05) is 10.6 Å². The highest BCUT2D eigenvalue weighted by Crippen LogP contribution is 2.33. The summed E-state index contributed by atoms with van der Waals surface area (Å²) in [5.74, 6) is 0.407. The lowest BCUT2D eigenvalue weighted by Gasteiger charge is -2.37. The Hall–Kier alpha value is -0.600. The molecule has 0 heterocycles. The molecule has 0 radical (unpaired) electrons. The van der Waals surface area contributed by atoms with Crippen LogP contribution in [0.2, 0.25) is 5.02 Å². The van der Waals surface area contributed by atoms with E-state index in [-0.39, 0.29) is 11.4 Å². The highest BCUT2D eigenvalue weighted by molar-refractivity contribution is 6.30. The van der Waals surface area contributed by atoms with Crippen molar-refractivity contribution in [3.8, 4) is 0 Å². The molecule has 0 spiro atoms. The van der Waals surface area contributed by atoms with Gasteiger partial charge in [-0.2, -0.15) is 0 Å². The lowest BCUT2D eigenvalue weighted by Crippen LogP contribution is -2.46. The SMILES string of the molecule is CC1CCCC(N)(Cc2ccc(Cl)cc2F)C1. The van der Waals surface area contributed by atoms with E-state index in [1.54, 1.807) is 12.1 Å². The van der Waals surface area contributed by atoms with E-state index in [2.05, 4.69) is 6.92 Å². The molecule has 0 bridgehead atoms. The largest absolute Gasteiger partial charge is 0.325 e. The second kappa shape index (κ2) is 4.95. The predicted molar refractivity (Wildman–Crippen MR) is 69.7 cm³/mol. The molecule has 0 aliphatic heterocycles. The average molecular weight is 256 g/mol. The number of nitrogens with two attached hydrogens (primary N) is 1. The normalized spacial score (nSPS) is 29.3. The zero-order chi connectivity index (χ0) is 12.5. The molecule has 2 rings (SSSR count). The fourth-order valence-electron chi connectivity index (χ4n) is 2.91. The van der Waals surface area contributed by atoms with Crippen molar-refractivity contribution >= 4 is 11.6 Å². The van der Waals surface area contributed by atoms with Crippen LogP contribution in [0.5, 0.6) is 0 Å². The molecule has 17 heavy (non-hydrogen) atoms. The van der Waals surface area contributed by atoms with Crippen LogP contribution in [0.25, 0.3) is 0 Å². The third-order valence-electron chi connectivity index (χ3n) is 3.68. The standard InChI is InChI=1S/C14H19ClFN/c1-10-3-2-6-14(17,8-10)9-11-4-5-12(15)7-13(11)16/h4-5,7,10H,2-3,6,8-9,17H2,1H3. The van der Waals surface area contributed by atoms with E-state index < -0.39 is 0 Å². The Labute approximate surface area is 107 Å². The first-order valence-electron chi connectivity index (χ1n) is 6.21. The highest BCUT2D eigenvalue weighted by Gasteiger charge is 2.31. The lowest BCUT2D eigenvalue weighted by molar-refractivity contribution is 0.233. The van der Waals surface area contributed by atoms with Gasteiger partial charge in [-0.25, -0.2) is 4.39 Å². The van der Waals surface area contributed by atoms with Crippen molar-refractivity contribution in [3.63, 3.8) is 0 Å². The van der Waals surface area contributed by atoms with E-state index in [9.17, 15) is 4.39 Å². The van der Waals surface area contributed by atoms with Crippen molar-refractivity contribution in [2.75, 3.05) is 0 Å². The Morgan fingerprint density at radius 1 is 1.53 bits per heavy atom. The lowest BCUT2D eigenvalue weighted by atomic mass is 9.74. The van der Waals surface area contributed by atoms with Gasteiger partial charge in [-0.15, -0.1) is 0 Å². The Balaban J connectivity index is 2.14. The topological polar surface area (TPSA) is 26.0 Å². The van der Waals surface area contributed by atoms with Crippen molar-refractivity contribution in [1.29, 1.82) is 0 Å². The third-order valence-corrected chi connectivity index (χ3v) is 3.92. The molecule has 1 aromatic carbocycles. The molecule has 1 nitrogen and oxygen atoms in total. The zero-order valence-corrected chi connectivity index (χ0v) is 10.9. The van der Waals surface area contributed by atoms with Crippen molar-refractivity contribution < 1.29 is 4.39 Å². The second-order valence-corrected chi connectivity index (χ2v) is 5.91. The fraction of sp³-hybridized carbons (Fsp3) is 0.571. The van der Waals surface area contributed by atoms with E-state index in [4.69, 9.17) is 17.3 Å². The smallest absolute Gasteiger partial charge is 0.127 e. The molecule has 1 aliphatic rings. The van der Waals surface area contributed by atoms with Crippen molar-refractivity contribution in [2.45, 2.75) is 44.6 Å². The van der Waals surface area contributed by atoms with Crippen LogP contribution >= 0.6 is 11.6 Å². The van der Waals surface area contributed by atoms with Gasteiger partial charge in [0.25, 0.3) is 0 Å². The highest BCUT2D eigenvalue weighted by atomic mass is 35.5. The summed E-state index contributed by atoms with van der Waals surface area (Å²) < 4.78 is 13.7.